The van der Waals surface area contributed by atoms with Gasteiger partial charge in [0.1, 0.15) is 5.92 Å². The zero-order valence-corrected chi connectivity index (χ0v) is 24.1. The van der Waals surface area contributed by atoms with E-state index >= 15 is 0 Å². The first kappa shape index (κ1) is 26.4. The summed E-state index contributed by atoms with van der Waals surface area (Å²) in [5.41, 5.74) is 10.0. The van der Waals surface area contributed by atoms with Crippen LogP contribution in [0.5, 0.6) is 0 Å². The Morgan fingerprint density at radius 3 is 1.89 bits per heavy atom. The maximum Gasteiger partial charge on any atom is 2.00 e. The Balaban J connectivity index is 0.00000294. The number of carboxylic acid groups (broad SMARTS) is 1. The molecule has 1 N–H and O–H groups in total. The molecular formula is C30H28MgN4O3-2. The SMILES string of the molecule is Cc1c2[n-]c(c1C)/C=c1\[n-]/c(c(C)c1C)=C\c1[n-]c3c(c1C)C(=O)[C@H](C(=O)O)/C3=C1/[N-]/C(=C\2)[C@@H](C)[C@@H]1C.[Mg+2]. The topological polar surface area (TPSA) is 111 Å². The zero-order chi connectivity index (χ0) is 26.5. The molecule has 0 saturated carbocycles. The summed E-state index contributed by atoms with van der Waals surface area (Å²) in [4.78, 5) is 40.5. The molecule has 8 bridgehead atoms. The molecule has 7 nitrogen and oxygen atoms in total. The first-order chi connectivity index (χ1) is 17.5. The van der Waals surface area contributed by atoms with Crippen molar-refractivity contribution in [2.24, 2.45) is 17.8 Å². The van der Waals surface area contributed by atoms with Crippen LogP contribution in [0.1, 0.15) is 74.8 Å². The van der Waals surface area contributed by atoms with Gasteiger partial charge in [-0.15, -0.1) is 33.5 Å². The second kappa shape index (κ2) is 8.92. The van der Waals surface area contributed by atoms with E-state index < -0.39 is 17.7 Å². The molecule has 1 aliphatic carbocycles. The number of allylic oxidation sites excluding steroid dienone is 2. The zero-order valence-electron chi connectivity index (χ0n) is 22.7. The van der Waals surface area contributed by atoms with Crippen LogP contribution in [0.15, 0.2) is 11.4 Å². The number of hydrogen-bond acceptors (Lipinski definition) is 2. The number of aromatic nitrogens is 3. The van der Waals surface area contributed by atoms with E-state index in [-0.39, 0.29) is 34.9 Å². The molecule has 6 rings (SSSR count). The number of nitrogens with zero attached hydrogens (tertiary/aromatic N) is 4. The average Bonchev–Trinajstić information content (AvgIpc) is 3.56. The van der Waals surface area contributed by atoms with Gasteiger partial charge in [-0.25, -0.2) is 0 Å². The molecule has 2 aliphatic heterocycles. The second-order valence-corrected chi connectivity index (χ2v) is 10.6. The van der Waals surface area contributed by atoms with Crippen LogP contribution in [0, 0.1) is 52.4 Å². The normalized spacial score (nSPS) is 26.6. The van der Waals surface area contributed by atoms with Crippen LogP contribution in [0.3, 0.4) is 0 Å². The smallest absolute Gasteiger partial charge is 0.664 e. The fourth-order valence-electron chi connectivity index (χ4n) is 5.75. The van der Waals surface area contributed by atoms with Crippen LogP contribution < -0.4 is 25.7 Å². The minimum absolute atomic E-state index is 0. The minimum atomic E-state index is -1.30. The largest absolute Gasteiger partial charge is 2.00 e. The molecule has 3 aliphatic rings. The number of rotatable bonds is 1. The monoisotopic (exact) mass is 516 g/mol. The van der Waals surface area contributed by atoms with Crippen molar-refractivity contribution in [2.75, 3.05) is 0 Å². The molecule has 0 unspecified atom stereocenters. The molecular weight excluding hydrogens is 489 g/mol. The van der Waals surface area contributed by atoms with Crippen molar-refractivity contribution in [3.63, 3.8) is 0 Å². The maximum absolute atomic E-state index is 13.5. The molecule has 38 heavy (non-hydrogen) atoms. The van der Waals surface area contributed by atoms with Gasteiger partial charge in [0.25, 0.3) is 0 Å². The van der Waals surface area contributed by atoms with Crippen molar-refractivity contribution in [3.8, 4) is 0 Å². The number of aliphatic carboxylic acids is 1. The number of carbonyl (C=O) groups excluding carboxylic acids is 1. The molecule has 5 heterocycles. The molecule has 0 aromatic carbocycles. The Labute approximate surface area is 237 Å². The number of Topliss-reactive ketones (excluding diaryl/α,β-unsaturated/α-hetero) is 1. The predicted octanol–water partition coefficient (Wildman–Crippen LogP) is 3.00. The quantitative estimate of drug-likeness (QED) is 0.393. The predicted molar refractivity (Wildman–Crippen MR) is 147 cm³/mol. The molecule has 0 spiro atoms. The van der Waals surface area contributed by atoms with Gasteiger partial charge in [-0.05, 0) is 46.5 Å². The Morgan fingerprint density at radius 2 is 1.32 bits per heavy atom. The van der Waals surface area contributed by atoms with E-state index in [2.05, 4.69) is 20.8 Å². The van der Waals surface area contributed by atoms with E-state index in [4.69, 9.17) is 20.3 Å². The van der Waals surface area contributed by atoms with Gasteiger partial charge < -0.3 is 25.4 Å². The molecule has 3 aromatic heterocycles. The Kier molecular flexibility index (Phi) is 6.19. The summed E-state index contributed by atoms with van der Waals surface area (Å²) in [5.74, 6) is -2.94. The summed E-state index contributed by atoms with van der Waals surface area (Å²) in [7, 11) is 0. The van der Waals surface area contributed by atoms with Crippen LogP contribution in [0.25, 0.3) is 29.1 Å². The van der Waals surface area contributed by atoms with Gasteiger partial charge in [0, 0.05) is 5.56 Å². The first-order valence-electron chi connectivity index (χ1n) is 12.6. The summed E-state index contributed by atoms with van der Waals surface area (Å²) >= 11 is 0. The summed E-state index contributed by atoms with van der Waals surface area (Å²) in [6, 6.07) is 0. The van der Waals surface area contributed by atoms with Gasteiger partial charge in [0.05, 0.1) is 0 Å². The minimum Gasteiger partial charge on any atom is -0.664 e. The summed E-state index contributed by atoms with van der Waals surface area (Å²) < 4.78 is 0. The fourth-order valence-corrected chi connectivity index (χ4v) is 5.75. The van der Waals surface area contributed by atoms with E-state index in [1.165, 1.54) is 0 Å². The van der Waals surface area contributed by atoms with Crippen molar-refractivity contribution in [1.29, 1.82) is 0 Å². The number of carbonyl (C=O) groups is 2. The Morgan fingerprint density at radius 1 is 0.763 bits per heavy atom. The van der Waals surface area contributed by atoms with Crippen molar-refractivity contribution in [3.05, 3.63) is 83.6 Å². The standard InChI is InChI=1S/C30H30N4O3.Mg/c1-11-13(3)20-9-22-15(5)16(6)27(33-22)25-26(30(36)37)29(35)24-17(7)23(34-28(24)25)10-21-14(4)12(2)19(32-21)8-18(11)31-20;/h8-10,15-16,26H,1-7H3,(H3,33,34,35,36,37);/q-2;+2/p-2/b19-8-,21-10-,22-9-;/t15-,16-,26+;/m0./s1. The van der Waals surface area contributed by atoms with Crippen LogP contribution in [-0.2, 0) is 4.79 Å². The molecule has 1 saturated heterocycles. The third kappa shape index (κ3) is 3.53. The Bertz CT molecular complexity index is 1740. The molecule has 8 heteroatoms. The van der Waals surface area contributed by atoms with E-state index in [9.17, 15) is 14.7 Å². The van der Waals surface area contributed by atoms with Gasteiger partial charge in [0.2, 0.25) is 0 Å². The van der Waals surface area contributed by atoms with E-state index in [0.29, 0.717) is 33.8 Å². The first-order valence-corrected chi connectivity index (χ1v) is 12.6. The number of ketones is 1. The van der Waals surface area contributed by atoms with E-state index in [1.54, 1.807) is 0 Å². The second-order valence-electron chi connectivity index (χ2n) is 10.6. The van der Waals surface area contributed by atoms with Crippen LogP contribution in [-0.4, -0.2) is 39.9 Å². The summed E-state index contributed by atoms with van der Waals surface area (Å²) in [5, 5.41) is 16.7. The van der Waals surface area contributed by atoms with Gasteiger partial charge in [-0.3, -0.25) is 9.59 Å². The molecule has 0 radical (unpaired) electrons. The van der Waals surface area contributed by atoms with Gasteiger partial charge >= 0.3 is 29.0 Å². The van der Waals surface area contributed by atoms with Crippen molar-refractivity contribution in [1.82, 2.24) is 15.0 Å². The van der Waals surface area contributed by atoms with Crippen molar-refractivity contribution in [2.45, 2.75) is 48.5 Å². The van der Waals surface area contributed by atoms with Crippen LogP contribution in [0.2, 0.25) is 0 Å². The van der Waals surface area contributed by atoms with Gasteiger partial charge in [0.15, 0.2) is 5.78 Å². The average molecular weight is 517 g/mol. The van der Waals surface area contributed by atoms with Crippen molar-refractivity contribution >= 4 is 58.6 Å². The number of hydrogen-bond donors (Lipinski definition) is 1. The maximum atomic E-state index is 13.5. The number of fused-ring (bicyclic) bond motifs is 7. The molecule has 3 atom stereocenters. The van der Waals surface area contributed by atoms with Crippen LogP contribution >= 0.6 is 0 Å². The van der Waals surface area contributed by atoms with Gasteiger partial charge in [-0.2, -0.15) is 11.4 Å². The molecule has 3 aromatic rings. The third-order valence-corrected chi connectivity index (χ3v) is 8.68. The third-order valence-electron chi connectivity index (χ3n) is 8.68. The molecule has 190 valence electrons. The van der Waals surface area contributed by atoms with E-state index in [1.807, 2.05) is 45.9 Å². The van der Waals surface area contributed by atoms with Gasteiger partial charge in [-0.1, -0.05) is 65.5 Å². The van der Waals surface area contributed by atoms with Crippen LogP contribution in [0.4, 0.5) is 0 Å². The number of carboxylic acids is 1. The summed E-state index contributed by atoms with van der Waals surface area (Å²) in [6.07, 6.45) is 5.93. The fraction of sp³-hybridized carbons (Fsp3) is 0.333. The summed E-state index contributed by atoms with van der Waals surface area (Å²) in [6.45, 7) is 14.1. The van der Waals surface area contributed by atoms with Crippen molar-refractivity contribution < 1.29 is 14.7 Å². The molecule has 1 fully saturated rings. The Hall–Kier alpha value is -3.23. The van der Waals surface area contributed by atoms with E-state index in [0.717, 1.165) is 50.0 Å². The molecule has 0 amide bonds.